The van der Waals surface area contributed by atoms with Gasteiger partial charge in [-0.25, -0.2) is 0 Å². The first-order chi connectivity index (χ1) is 4.47. The standard InChI is InChI=1S/C7H6NO/c1-2-4-7-6(3-1)5-8-9-7/h1,3-4,8H,5H2. The zero-order chi connectivity index (χ0) is 6.10. The van der Waals surface area contributed by atoms with Gasteiger partial charge in [0.15, 0.2) is 5.75 Å². The van der Waals surface area contributed by atoms with Gasteiger partial charge in [0.2, 0.25) is 0 Å². The Morgan fingerprint density at radius 2 is 2.67 bits per heavy atom. The van der Waals surface area contributed by atoms with E-state index in [1.165, 1.54) is 5.56 Å². The van der Waals surface area contributed by atoms with Crippen molar-refractivity contribution in [3.05, 3.63) is 29.8 Å². The Kier molecular flexibility index (Phi) is 0.932. The molecule has 0 unspecified atom stereocenters. The van der Waals surface area contributed by atoms with E-state index in [1.807, 2.05) is 18.2 Å². The van der Waals surface area contributed by atoms with E-state index < -0.39 is 0 Å². The van der Waals surface area contributed by atoms with E-state index in [-0.39, 0.29) is 0 Å². The lowest BCUT2D eigenvalue weighted by Gasteiger charge is -1.91. The molecular weight excluding hydrogens is 114 g/mol. The van der Waals surface area contributed by atoms with Crippen molar-refractivity contribution < 1.29 is 4.84 Å². The van der Waals surface area contributed by atoms with Gasteiger partial charge >= 0.3 is 0 Å². The zero-order valence-corrected chi connectivity index (χ0v) is 4.85. The maximum absolute atomic E-state index is 5.02. The molecule has 1 aromatic rings. The van der Waals surface area contributed by atoms with Crippen LogP contribution in [-0.4, -0.2) is 0 Å². The van der Waals surface area contributed by atoms with Crippen LogP contribution < -0.4 is 10.3 Å². The molecule has 2 rings (SSSR count). The number of hydrogen-bond donors (Lipinski definition) is 1. The summed E-state index contributed by atoms with van der Waals surface area (Å²) < 4.78 is 0. The average molecular weight is 120 g/mol. The summed E-state index contributed by atoms with van der Waals surface area (Å²) in [5, 5.41) is 0. The Labute approximate surface area is 53.4 Å². The van der Waals surface area contributed by atoms with E-state index in [9.17, 15) is 0 Å². The smallest absolute Gasteiger partial charge is 0.152 e. The molecule has 1 N–H and O–H groups in total. The number of fused-ring (bicyclic) bond motifs is 1. The molecule has 0 amide bonds. The minimum absolute atomic E-state index is 0.810. The van der Waals surface area contributed by atoms with Crippen LogP contribution in [0.5, 0.6) is 5.75 Å². The SMILES string of the molecule is [c]1ccc2c(c1)ONC2. The van der Waals surface area contributed by atoms with Crippen molar-refractivity contribution >= 4 is 0 Å². The lowest BCUT2D eigenvalue weighted by molar-refractivity contribution is 0.224. The fourth-order valence-corrected chi connectivity index (χ4v) is 0.880. The summed E-state index contributed by atoms with van der Waals surface area (Å²) in [5.41, 5.74) is 3.97. The lowest BCUT2D eigenvalue weighted by atomic mass is 10.2. The van der Waals surface area contributed by atoms with Crippen molar-refractivity contribution in [2.24, 2.45) is 0 Å². The summed E-state index contributed by atoms with van der Waals surface area (Å²) in [6.45, 7) is 0.810. The van der Waals surface area contributed by atoms with Crippen LogP contribution >= 0.6 is 0 Å². The minimum atomic E-state index is 0.810. The number of nitrogens with one attached hydrogen (secondary N) is 1. The predicted octanol–water partition coefficient (Wildman–Crippen LogP) is 0.884. The molecule has 1 aromatic carbocycles. The van der Waals surface area contributed by atoms with Crippen LogP contribution in [0.1, 0.15) is 5.56 Å². The fourth-order valence-electron chi connectivity index (χ4n) is 0.880. The quantitative estimate of drug-likeness (QED) is 0.548. The highest BCUT2D eigenvalue weighted by atomic mass is 16.7. The van der Waals surface area contributed by atoms with Gasteiger partial charge in [-0.05, 0) is 12.1 Å². The number of benzene rings is 1. The third-order valence-electron chi connectivity index (χ3n) is 1.36. The molecule has 1 aliphatic rings. The Morgan fingerprint density at radius 1 is 1.67 bits per heavy atom. The van der Waals surface area contributed by atoms with E-state index in [4.69, 9.17) is 4.84 Å². The van der Waals surface area contributed by atoms with Crippen LogP contribution in [0.3, 0.4) is 0 Å². The second-order valence-electron chi connectivity index (χ2n) is 1.96. The van der Waals surface area contributed by atoms with Crippen molar-refractivity contribution in [1.82, 2.24) is 5.48 Å². The summed E-state index contributed by atoms with van der Waals surface area (Å²) in [7, 11) is 0. The van der Waals surface area contributed by atoms with Gasteiger partial charge in [-0.15, -0.1) is 0 Å². The van der Waals surface area contributed by atoms with Crippen LogP contribution in [-0.2, 0) is 6.54 Å². The molecule has 0 fully saturated rings. The molecule has 0 aliphatic carbocycles. The highest BCUT2D eigenvalue weighted by Gasteiger charge is 2.08. The molecule has 0 bridgehead atoms. The molecule has 9 heavy (non-hydrogen) atoms. The maximum Gasteiger partial charge on any atom is 0.152 e. The summed E-state index contributed by atoms with van der Waals surface area (Å²) in [4.78, 5) is 5.02. The van der Waals surface area contributed by atoms with E-state index >= 15 is 0 Å². The fraction of sp³-hybridized carbons (Fsp3) is 0.143. The van der Waals surface area contributed by atoms with Gasteiger partial charge < -0.3 is 4.84 Å². The molecule has 0 saturated carbocycles. The second-order valence-corrected chi connectivity index (χ2v) is 1.96. The Morgan fingerprint density at radius 3 is 3.56 bits per heavy atom. The molecule has 45 valence electrons. The second kappa shape index (κ2) is 1.74. The normalized spacial score (nSPS) is 14.7. The summed E-state index contributed by atoms with van der Waals surface area (Å²) in [6, 6.07) is 8.64. The monoisotopic (exact) mass is 120 g/mol. The molecule has 2 heteroatoms. The van der Waals surface area contributed by atoms with Crippen molar-refractivity contribution in [2.75, 3.05) is 0 Å². The molecule has 0 spiro atoms. The molecule has 0 atom stereocenters. The summed E-state index contributed by atoms with van der Waals surface area (Å²) in [5.74, 6) is 0.900. The molecule has 2 nitrogen and oxygen atoms in total. The topological polar surface area (TPSA) is 21.3 Å². The zero-order valence-electron chi connectivity index (χ0n) is 4.85. The van der Waals surface area contributed by atoms with Gasteiger partial charge in [-0.1, -0.05) is 12.1 Å². The molecular formula is C7H6NO. The van der Waals surface area contributed by atoms with Crippen LogP contribution in [0.4, 0.5) is 0 Å². The van der Waals surface area contributed by atoms with Gasteiger partial charge in [-0.2, -0.15) is 5.48 Å². The van der Waals surface area contributed by atoms with E-state index in [1.54, 1.807) is 0 Å². The predicted molar refractivity (Wildman–Crippen MR) is 32.7 cm³/mol. The molecule has 1 aliphatic heterocycles. The first-order valence-electron chi connectivity index (χ1n) is 2.85. The number of hydrogen-bond acceptors (Lipinski definition) is 2. The van der Waals surface area contributed by atoms with E-state index in [0.717, 1.165) is 12.3 Å². The summed E-state index contributed by atoms with van der Waals surface area (Å²) >= 11 is 0. The highest BCUT2D eigenvalue weighted by Crippen LogP contribution is 2.20. The van der Waals surface area contributed by atoms with Crippen molar-refractivity contribution in [1.29, 1.82) is 0 Å². The van der Waals surface area contributed by atoms with Crippen LogP contribution in [0.25, 0.3) is 0 Å². The third-order valence-corrected chi connectivity index (χ3v) is 1.36. The van der Waals surface area contributed by atoms with Crippen LogP contribution in [0.15, 0.2) is 18.2 Å². The molecule has 1 radical (unpaired) electrons. The Balaban J connectivity index is 2.54. The number of hydroxylamine groups is 1. The first kappa shape index (κ1) is 4.82. The van der Waals surface area contributed by atoms with Crippen molar-refractivity contribution in [2.45, 2.75) is 6.54 Å². The summed E-state index contributed by atoms with van der Waals surface area (Å²) in [6.07, 6.45) is 0. The van der Waals surface area contributed by atoms with Crippen molar-refractivity contribution in [3.63, 3.8) is 0 Å². The van der Waals surface area contributed by atoms with Gasteiger partial charge in [-0.3, -0.25) is 0 Å². The van der Waals surface area contributed by atoms with E-state index in [0.29, 0.717) is 0 Å². The molecule has 1 heterocycles. The van der Waals surface area contributed by atoms with Gasteiger partial charge in [0, 0.05) is 5.56 Å². The molecule has 0 saturated heterocycles. The average Bonchev–Trinajstić information content (AvgIpc) is 2.33. The molecule has 0 aromatic heterocycles. The largest absolute Gasteiger partial charge is 0.408 e. The third kappa shape index (κ3) is 0.678. The Bertz CT molecular complexity index is 199. The van der Waals surface area contributed by atoms with Gasteiger partial charge in [0.05, 0.1) is 6.54 Å². The lowest BCUT2D eigenvalue weighted by Crippen LogP contribution is -2.07. The van der Waals surface area contributed by atoms with Crippen LogP contribution in [0, 0.1) is 6.07 Å². The van der Waals surface area contributed by atoms with Gasteiger partial charge in [0.25, 0.3) is 0 Å². The minimum Gasteiger partial charge on any atom is -0.408 e. The van der Waals surface area contributed by atoms with Gasteiger partial charge in [0.1, 0.15) is 0 Å². The van der Waals surface area contributed by atoms with Crippen molar-refractivity contribution in [3.8, 4) is 5.75 Å². The van der Waals surface area contributed by atoms with Crippen LogP contribution in [0.2, 0.25) is 0 Å². The maximum atomic E-state index is 5.02. The first-order valence-corrected chi connectivity index (χ1v) is 2.85. The Hall–Kier alpha value is -1.02. The van der Waals surface area contributed by atoms with E-state index in [2.05, 4.69) is 11.5 Å². The number of rotatable bonds is 0. The highest BCUT2D eigenvalue weighted by molar-refractivity contribution is 5.34.